The van der Waals surface area contributed by atoms with E-state index in [1.165, 1.54) is 0 Å². The molecule has 0 aromatic heterocycles. The Morgan fingerprint density at radius 1 is 1.00 bits per heavy atom. The number of rotatable bonds is 4. The number of urea groups is 1. The van der Waals surface area contributed by atoms with E-state index in [-0.39, 0.29) is 25.8 Å². The lowest BCUT2D eigenvalue weighted by Gasteiger charge is -2.37. The molecular weight excluding hydrogens is 268 g/mol. The van der Waals surface area contributed by atoms with E-state index >= 15 is 0 Å². The molecule has 0 atom stereocenters. The van der Waals surface area contributed by atoms with Crippen LogP contribution in [0.25, 0.3) is 10.8 Å². The van der Waals surface area contributed by atoms with E-state index in [1.54, 1.807) is 9.80 Å². The number of hydrogen-bond donors (Lipinski definition) is 2. The van der Waals surface area contributed by atoms with Crippen molar-refractivity contribution in [2.45, 2.75) is 6.54 Å². The maximum absolute atomic E-state index is 12.4. The van der Waals surface area contributed by atoms with Crippen molar-refractivity contribution in [1.82, 2.24) is 4.90 Å². The lowest BCUT2D eigenvalue weighted by atomic mass is 9.99. The highest BCUT2D eigenvalue weighted by Crippen LogP contribution is 2.34. The molecule has 2 N–H and O–H groups in total. The standard InChI is InChI=1S/C16H18N2O3/c19-9-7-17-11-14-13-4-2-1-3-12(13)5-6-15(14)18(8-10-20)16(17)21/h1-6,19-20H,7-11H2. The Hall–Kier alpha value is -2.11. The van der Waals surface area contributed by atoms with Gasteiger partial charge in [-0.25, -0.2) is 4.79 Å². The summed E-state index contributed by atoms with van der Waals surface area (Å²) in [5.74, 6) is 0. The van der Waals surface area contributed by atoms with Crippen molar-refractivity contribution in [3.63, 3.8) is 0 Å². The minimum absolute atomic E-state index is 0.0706. The molecule has 21 heavy (non-hydrogen) atoms. The second-order valence-corrected chi connectivity index (χ2v) is 5.09. The van der Waals surface area contributed by atoms with Gasteiger partial charge in [-0.2, -0.15) is 0 Å². The molecule has 3 rings (SSSR count). The van der Waals surface area contributed by atoms with Crippen LogP contribution in [-0.4, -0.2) is 47.4 Å². The molecule has 5 heteroatoms. The van der Waals surface area contributed by atoms with Crippen molar-refractivity contribution in [2.75, 3.05) is 31.2 Å². The van der Waals surface area contributed by atoms with Crippen LogP contribution in [0.5, 0.6) is 0 Å². The number of hydrogen-bond acceptors (Lipinski definition) is 3. The molecule has 0 saturated heterocycles. The SMILES string of the molecule is O=C1N(CCO)Cc2c(ccc3ccccc23)N1CCO. The third-order valence-corrected chi connectivity index (χ3v) is 3.85. The number of benzene rings is 2. The maximum Gasteiger partial charge on any atom is 0.324 e. The van der Waals surface area contributed by atoms with Crippen LogP contribution < -0.4 is 4.90 Å². The quantitative estimate of drug-likeness (QED) is 0.896. The van der Waals surface area contributed by atoms with Gasteiger partial charge in [-0.05, 0) is 16.8 Å². The van der Waals surface area contributed by atoms with Crippen LogP contribution in [0.3, 0.4) is 0 Å². The van der Waals surface area contributed by atoms with E-state index in [1.807, 2.05) is 36.4 Å². The van der Waals surface area contributed by atoms with Crippen LogP contribution in [0.2, 0.25) is 0 Å². The molecule has 2 aromatic rings. The Morgan fingerprint density at radius 3 is 2.52 bits per heavy atom. The van der Waals surface area contributed by atoms with Gasteiger partial charge in [-0.3, -0.25) is 4.90 Å². The summed E-state index contributed by atoms with van der Waals surface area (Å²) in [6.07, 6.45) is 0. The fourth-order valence-corrected chi connectivity index (χ4v) is 2.89. The van der Waals surface area contributed by atoms with Crippen molar-refractivity contribution in [2.24, 2.45) is 0 Å². The number of β-amino-alcohol motifs (C(OH)–C–C–N with tert-alkyl or cyclic N) is 2. The lowest BCUT2D eigenvalue weighted by Crippen LogP contribution is -2.49. The molecule has 1 heterocycles. The zero-order valence-electron chi connectivity index (χ0n) is 11.7. The van der Waals surface area contributed by atoms with Crippen LogP contribution in [0.4, 0.5) is 10.5 Å². The maximum atomic E-state index is 12.4. The van der Waals surface area contributed by atoms with Gasteiger partial charge >= 0.3 is 6.03 Å². The number of carbonyl (C=O) groups excluding carboxylic acids is 1. The fraction of sp³-hybridized carbons (Fsp3) is 0.312. The number of aliphatic hydroxyl groups is 2. The first-order valence-corrected chi connectivity index (χ1v) is 7.05. The molecule has 0 radical (unpaired) electrons. The van der Waals surface area contributed by atoms with E-state index in [0.717, 1.165) is 22.0 Å². The normalized spacial score (nSPS) is 14.7. The second-order valence-electron chi connectivity index (χ2n) is 5.09. The number of nitrogens with zero attached hydrogens (tertiary/aromatic N) is 2. The third kappa shape index (κ3) is 2.34. The molecule has 0 unspecified atom stereocenters. The molecule has 2 aromatic carbocycles. The summed E-state index contributed by atoms with van der Waals surface area (Å²) in [5.41, 5.74) is 1.91. The average molecular weight is 286 g/mol. The Bertz CT molecular complexity index is 672. The zero-order chi connectivity index (χ0) is 14.8. The van der Waals surface area contributed by atoms with Gasteiger partial charge < -0.3 is 15.1 Å². The van der Waals surface area contributed by atoms with Gasteiger partial charge in [0.25, 0.3) is 0 Å². The third-order valence-electron chi connectivity index (χ3n) is 3.85. The first-order chi connectivity index (χ1) is 10.3. The van der Waals surface area contributed by atoms with E-state index in [9.17, 15) is 9.90 Å². The van der Waals surface area contributed by atoms with E-state index in [2.05, 4.69) is 0 Å². The molecule has 0 bridgehead atoms. The van der Waals surface area contributed by atoms with Gasteiger partial charge in [-0.15, -0.1) is 0 Å². The molecule has 2 amide bonds. The smallest absolute Gasteiger partial charge is 0.324 e. The molecule has 1 aliphatic rings. The van der Waals surface area contributed by atoms with Crippen molar-refractivity contribution >= 4 is 22.5 Å². The monoisotopic (exact) mass is 286 g/mol. The number of anilines is 1. The Labute approximate surface area is 123 Å². The molecule has 1 aliphatic heterocycles. The van der Waals surface area contributed by atoms with E-state index in [0.29, 0.717) is 13.1 Å². The predicted molar refractivity (Wildman–Crippen MR) is 81.3 cm³/mol. The van der Waals surface area contributed by atoms with Crippen molar-refractivity contribution in [3.8, 4) is 0 Å². The van der Waals surface area contributed by atoms with Crippen molar-refractivity contribution in [1.29, 1.82) is 0 Å². The summed E-state index contributed by atoms with van der Waals surface area (Å²) in [5, 5.41) is 20.6. The molecule has 0 spiro atoms. The van der Waals surface area contributed by atoms with Crippen molar-refractivity contribution < 1.29 is 15.0 Å². The van der Waals surface area contributed by atoms with E-state index < -0.39 is 0 Å². The van der Waals surface area contributed by atoms with Gasteiger partial charge in [0.1, 0.15) is 0 Å². The van der Waals surface area contributed by atoms with Gasteiger partial charge in [0.05, 0.1) is 32.0 Å². The van der Waals surface area contributed by atoms with Crippen LogP contribution >= 0.6 is 0 Å². The highest BCUT2D eigenvalue weighted by atomic mass is 16.3. The fourth-order valence-electron chi connectivity index (χ4n) is 2.89. The highest BCUT2D eigenvalue weighted by Gasteiger charge is 2.30. The Morgan fingerprint density at radius 2 is 1.76 bits per heavy atom. The summed E-state index contributed by atoms with van der Waals surface area (Å²) in [7, 11) is 0. The number of carbonyl (C=O) groups is 1. The average Bonchev–Trinajstić information content (AvgIpc) is 2.51. The van der Waals surface area contributed by atoms with E-state index in [4.69, 9.17) is 5.11 Å². The Kier molecular flexibility index (Phi) is 3.77. The predicted octanol–water partition coefficient (Wildman–Crippen LogP) is 1.57. The molecule has 5 nitrogen and oxygen atoms in total. The summed E-state index contributed by atoms with van der Waals surface area (Å²) >= 11 is 0. The second kappa shape index (κ2) is 5.71. The van der Waals surface area contributed by atoms with Gasteiger partial charge in [-0.1, -0.05) is 30.3 Å². The minimum atomic E-state index is -0.166. The van der Waals surface area contributed by atoms with Crippen LogP contribution in [0, 0.1) is 0 Å². The topological polar surface area (TPSA) is 64.0 Å². The van der Waals surface area contributed by atoms with Gasteiger partial charge in [0, 0.05) is 12.1 Å². The number of fused-ring (bicyclic) bond motifs is 3. The summed E-state index contributed by atoms with van der Waals surface area (Å²) < 4.78 is 0. The molecule has 0 aliphatic carbocycles. The van der Waals surface area contributed by atoms with Gasteiger partial charge in [0.15, 0.2) is 0 Å². The van der Waals surface area contributed by atoms with Crippen LogP contribution in [0.15, 0.2) is 36.4 Å². The zero-order valence-corrected chi connectivity index (χ0v) is 11.7. The number of amides is 2. The highest BCUT2D eigenvalue weighted by molar-refractivity contribution is 6.00. The molecular formula is C16H18N2O3. The number of aliphatic hydroxyl groups excluding tert-OH is 2. The summed E-state index contributed by atoms with van der Waals surface area (Å²) in [4.78, 5) is 15.6. The molecule has 0 saturated carbocycles. The molecule has 110 valence electrons. The van der Waals surface area contributed by atoms with Gasteiger partial charge in [0.2, 0.25) is 0 Å². The van der Waals surface area contributed by atoms with Crippen LogP contribution in [0.1, 0.15) is 5.56 Å². The summed E-state index contributed by atoms with van der Waals surface area (Å²) in [6.45, 7) is 0.872. The lowest BCUT2D eigenvalue weighted by molar-refractivity contribution is 0.174. The minimum Gasteiger partial charge on any atom is -0.395 e. The summed E-state index contributed by atoms with van der Waals surface area (Å²) in [6, 6.07) is 11.8. The first-order valence-electron chi connectivity index (χ1n) is 7.05. The Balaban J connectivity index is 2.14. The van der Waals surface area contributed by atoms with Crippen molar-refractivity contribution in [3.05, 3.63) is 42.0 Å². The largest absolute Gasteiger partial charge is 0.395 e. The van der Waals surface area contributed by atoms with Crippen LogP contribution in [-0.2, 0) is 6.54 Å². The molecule has 0 fully saturated rings. The first kappa shape index (κ1) is 13.9.